The van der Waals surface area contributed by atoms with Crippen LogP contribution in [0.4, 0.5) is 0 Å². The van der Waals surface area contributed by atoms with Gasteiger partial charge in [-0.2, -0.15) is 5.10 Å². The van der Waals surface area contributed by atoms with Crippen LogP contribution < -0.4 is 10.5 Å². The zero-order valence-corrected chi connectivity index (χ0v) is 20.9. The van der Waals surface area contributed by atoms with E-state index in [9.17, 15) is 4.79 Å². The fraction of sp³-hybridized carbons (Fsp3) is 0.310. The van der Waals surface area contributed by atoms with Crippen LogP contribution >= 0.6 is 0 Å². The molecule has 1 heterocycles. The van der Waals surface area contributed by atoms with E-state index in [2.05, 4.69) is 44.2 Å². The van der Waals surface area contributed by atoms with Gasteiger partial charge in [0.05, 0.1) is 18.5 Å². The molecule has 0 aliphatic rings. The minimum absolute atomic E-state index is 0.173. The molecular formula is C29H33N3O3. The normalized spacial score (nSPS) is 11.3. The average molecular weight is 472 g/mol. The van der Waals surface area contributed by atoms with Gasteiger partial charge in [-0.05, 0) is 74.2 Å². The summed E-state index contributed by atoms with van der Waals surface area (Å²) in [5.74, 6) is 0.414. The number of nitrogens with zero attached hydrogens (tertiary/aromatic N) is 2. The molecule has 0 radical (unpaired) electrons. The van der Waals surface area contributed by atoms with Crippen molar-refractivity contribution in [1.29, 1.82) is 0 Å². The van der Waals surface area contributed by atoms with Crippen LogP contribution in [0.3, 0.4) is 0 Å². The van der Waals surface area contributed by atoms with Gasteiger partial charge in [-0.25, -0.2) is 0 Å². The molecule has 6 heteroatoms. The topological polar surface area (TPSA) is 79.4 Å². The minimum atomic E-state index is -0.264. The first-order valence-corrected chi connectivity index (χ1v) is 12.1. The molecule has 0 fully saturated rings. The van der Waals surface area contributed by atoms with Crippen molar-refractivity contribution in [2.75, 3.05) is 6.61 Å². The van der Waals surface area contributed by atoms with Gasteiger partial charge in [0.2, 0.25) is 0 Å². The second kappa shape index (κ2) is 10.7. The third kappa shape index (κ3) is 5.54. The van der Waals surface area contributed by atoms with E-state index in [-0.39, 0.29) is 18.4 Å². The molecule has 182 valence electrons. The number of aryl methyl sites for hydroxylation is 1. The van der Waals surface area contributed by atoms with E-state index in [0.29, 0.717) is 25.5 Å². The highest BCUT2D eigenvalue weighted by molar-refractivity contribution is 5.87. The van der Waals surface area contributed by atoms with Crippen molar-refractivity contribution in [3.05, 3.63) is 83.0 Å². The van der Waals surface area contributed by atoms with Gasteiger partial charge >= 0.3 is 5.97 Å². The summed E-state index contributed by atoms with van der Waals surface area (Å²) in [5, 5.41) is 5.94. The summed E-state index contributed by atoms with van der Waals surface area (Å²) in [6, 6.07) is 20.8. The molecule has 0 saturated carbocycles. The Hall–Kier alpha value is -3.64. The number of benzene rings is 3. The summed E-state index contributed by atoms with van der Waals surface area (Å²) in [6.45, 7) is 9.21. The van der Waals surface area contributed by atoms with E-state index in [1.165, 1.54) is 0 Å². The number of nitrogens with two attached hydrogens (primary N) is 1. The second-order valence-electron chi connectivity index (χ2n) is 9.00. The monoisotopic (exact) mass is 471 g/mol. The van der Waals surface area contributed by atoms with Crippen LogP contribution in [0.5, 0.6) is 5.75 Å². The summed E-state index contributed by atoms with van der Waals surface area (Å²) in [7, 11) is 0. The highest BCUT2D eigenvalue weighted by atomic mass is 16.5. The first-order chi connectivity index (χ1) is 16.9. The lowest BCUT2D eigenvalue weighted by molar-refractivity contribution is -0.142. The summed E-state index contributed by atoms with van der Waals surface area (Å²) in [6.07, 6.45) is 0.173. The maximum atomic E-state index is 12.1. The van der Waals surface area contributed by atoms with Gasteiger partial charge in [0, 0.05) is 23.5 Å². The molecule has 1 aromatic heterocycles. The summed E-state index contributed by atoms with van der Waals surface area (Å²) < 4.78 is 13.4. The Kier molecular flexibility index (Phi) is 7.51. The summed E-state index contributed by atoms with van der Waals surface area (Å²) in [5.41, 5.74) is 13.0. The lowest BCUT2D eigenvalue weighted by Crippen LogP contribution is -2.09. The fourth-order valence-corrected chi connectivity index (χ4v) is 4.22. The highest BCUT2D eigenvalue weighted by Crippen LogP contribution is 2.30. The molecule has 0 aliphatic carbocycles. The van der Waals surface area contributed by atoms with Crippen LogP contribution in [-0.4, -0.2) is 22.4 Å². The van der Waals surface area contributed by atoms with E-state index < -0.39 is 0 Å². The predicted molar refractivity (Wildman–Crippen MR) is 139 cm³/mol. The van der Waals surface area contributed by atoms with Crippen molar-refractivity contribution < 1.29 is 14.3 Å². The Balaban J connectivity index is 1.69. The average Bonchev–Trinajstić information content (AvgIpc) is 3.22. The molecule has 4 rings (SSSR count). The Bertz CT molecular complexity index is 1340. The molecule has 0 aliphatic heterocycles. The largest absolute Gasteiger partial charge is 0.487 e. The zero-order chi connectivity index (χ0) is 24.9. The fourth-order valence-electron chi connectivity index (χ4n) is 4.22. The number of carbonyl (C=O) groups is 1. The van der Waals surface area contributed by atoms with E-state index >= 15 is 0 Å². The number of ether oxygens (including phenoxy) is 2. The Labute approximate surface area is 206 Å². The molecule has 6 nitrogen and oxygen atoms in total. The Morgan fingerprint density at radius 3 is 2.60 bits per heavy atom. The van der Waals surface area contributed by atoms with Gasteiger partial charge in [-0.15, -0.1) is 0 Å². The van der Waals surface area contributed by atoms with E-state index in [1.54, 1.807) is 6.92 Å². The van der Waals surface area contributed by atoms with Crippen molar-refractivity contribution in [2.45, 2.75) is 53.3 Å². The van der Waals surface area contributed by atoms with Gasteiger partial charge in [0.15, 0.2) is 0 Å². The Morgan fingerprint density at radius 2 is 1.86 bits per heavy atom. The quantitative estimate of drug-likeness (QED) is 0.315. The highest BCUT2D eigenvalue weighted by Gasteiger charge is 2.16. The lowest BCUT2D eigenvalue weighted by atomic mass is 10.0. The zero-order valence-electron chi connectivity index (χ0n) is 20.9. The van der Waals surface area contributed by atoms with E-state index in [0.717, 1.165) is 44.4 Å². The van der Waals surface area contributed by atoms with Crippen molar-refractivity contribution in [2.24, 2.45) is 5.73 Å². The van der Waals surface area contributed by atoms with Gasteiger partial charge in [-0.1, -0.05) is 36.4 Å². The first-order valence-electron chi connectivity index (χ1n) is 12.1. The van der Waals surface area contributed by atoms with Crippen molar-refractivity contribution in [3.63, 3.8) is 0 Å². The molecule has 0 bridgehead atoms. The van der Waals surface area contributed by atoms with Gasteiger partial charge in [0.25, 0.3) is 0 Å². The van der Waals surface area contributed by atoms with Crippen LogP contribution in [-0.2, 0) is 29.1 Å². The second-order valence-corrected chi connectivity index (χ2v) is 9.00. The van der Waals surface area contributed by atoms with Crippen molar-refractivity contribution >= 4 is 16.9 Å². The number of fused-ring (bicyclic) bond motifs is 1. The van der Waals surface area contributed by atoms with Crippen LogP contribution in [0, 0.1) is 6.92 Å². The number of esters is 1. The van der Waals surface area contributed by atoms with Crippen LogP contribution in [0.1, 0.15) is 49.2 Å². The predicted octanol–water partition coefficient (Wildman–Crippen LogP) is 5.74. The summed E-state index contributed by atoms with van der Waals surface area (Å²) >= 11 is 0. The van der Waals surface area contributed by atoms with Crippen molar-refractivity contribution in [3.8, 4) is 16.9 Å². The van der Waals surface area contributed by atoms with Gasteiger partial charge in [0.1, 0.15) is 18.1 Å². The molecule has 0 amide bonds. The SMILES string of the molecule is CCOC(=O)Cc1ccc(C)cc1OCc1nn(C(C)C)c2ccc(-c3cccc(CN)c3)cc12. The van der Waals surface area contributed by atoms with Crippen LogP contribution in [0.2, 0.25) is 0 Å². The first kappa shape index (κ1) is 24.5. The lowest BCUT2D eigenvalue weighted by Gasteiger charge is -2.12. The maximum absolute atomic E-state index is 12.1. The smallest absolute Gasteiger partial charge is 0.310 e. The molecule has 0 spiro atoms. The number of rotatable bonds is 9. The van der Waals surface area contributed by atoms with E-state index in [1.807, 2.05) is 41.9 Å². The molecule has 0 unspecified atom stereocenters. The third-order valence-electron chi connectivity index (χ3n) is 6.00. The molecule has 35 heavy (non-hydrogen) atoms. The number of carbonyl (C=O) groups excluding carboxylic acids is 1. The molecule has 2 N–H and O–H groups in total. The standard InChI is InChI=1S/C29H33N3O3/c1-5-34-29(33)16-24-10-9-20(4)13-28(24)35-18-26-25-15-23(22-8-6-7-21(14-22)17-30)11-12-27(25)32(31-26)19(2)3/h6-15,19H,5,16-18,30H2,1-4H3. The minimum Gasteiger partial charge on any atom is -0.487 e. The van der Waals surface area contributed by atoms with Crippen molar-refractivity contribution in [1.82, 2.24) is 9.78 Å². The molecule has 0 saturated heterocycles. The molecular weight excluding hydrogens is 438 g/mol. The third-order valence-corrected chi connectivity index (χ3v) is 6.00. The summed E-state index contributed by atoms with van der Waals surface area (Å²) in [4.78, 5) is 12.1. The van der Waals surface area contributed by atoms with Gasteiger partial charge < -0.3 is 15.2 Å². The number of hydrogen-bond donors (Lipinski definition) is 1. The number of hydrogen-bond acceptors (Lipinski definition) is 5. The maximum Gasteiger partial charge on any atom is 0.310 e. The molecule has 4 aromatic rings. The van der Waals surface area contributed by atoms with E-state index in [4.69, 9.17) is 20.3 Å². The molecule has 0 atom stereocenters. The number of aromatic nitrogens is 2. The van der Waals surface area contributed by atoms with Gasteiger partial charge in [-0.3, -0.25) is 9.48 Å². The molecule has 3 aromatic carbocycles. The van der Waals surface area contributed by atoms with Crippen LogP contribution in [0.25, 0.3) is 22.0 Å². The van der Waals surface area contributed by atoms with Crippen LogP contribution in [0.15, 0.2) is 60.7 Å². The Morgan fingerprint density at radius 1 is 1.06 bits per heavy atom.